The van der Waals surface area contributed by atoms with Crippen molar-refractivity contribution in [2.24, 2.45) is 0 Å². The molecule has 0 atom stereocenters. The van der Waals surface area contributed by atoms with Crippen LogP contribution in [0, 0.1) is 11.3 Å². The number of halogens is 1. The van der Waals surface area contributed by atoms with Crippen molar-refractivity contribution in [2.45, 2.75) is 6.54 Å². The van der Waals surface area contributed by atoms with Gasteiger partial charge in [0.2, 0.25) is 0 Å². The van der Waals surface area contributed by atoms with Crippen LogP contribution in [0.3, 0.4) is 0 Å². The molecule has 1 saturated heterocycles. The minimum absolute atomic E-state index is 0.311. The fourth-order valence-electron chi connectivity index (χ4n) is 2.30. The molecule has 1 fully saturated rings. The van der Waals surface area contributed by atoms with Crippen LogP contribution < -0.4 is 4.90 Å². The number of hydrogen-bond donors (Lipinski definition) is 0. The van der Waals surface area contributed by atoms with Crippen LogP contribution in [-0.4, -0.2) is 35.5 Å². The predicted octanol–water partition coefficient (Wildman–Crippen LogP) is 2.58. The molecule has 1 aliphatic heterocycles. The van der Waals surface area contributed by atoms with Crippen LogP contribution in [0.5, 0.6) is 0 Å². The summed E-state index contributed by atoms with van der Waals surface area (Å²) in [5, 5.41) is 10.3. The van der Waals surface area contributed by atoms with Gasteiger partial charge in [0, 0.05) is 26.2 Å². The molecule has 1 aliphatic rings. The van der Waals surface area contributed by atoms with E-state index < -0.39 is 0 Å². The van der Waals surface area contributed by atoms with Gasteiger partial charge >= 0.3 is 0 Å². The normalized spacial score (nSPS) is 16.3. The predicted molar refractivity (Wildman–Crippen MR) is 78.0 cm³/mol. The topological polar surface area (TPSA) is 56.3 Å². The van der Waals surface area contributed by atoms with Gasteiger partial charge in [0.15, 0.2) is 5.15 Å². The molecule has 0 amide bonds. The highest BCUT2D eigenvalue weighted by molar-refractivity contribution is 7.10. The van der Waals surface area contributed by atoms with Gasteiger partial charge in [-0.15, -0.1) is 0 Å². The second-order valence-corrected chi connectivity index (χ2v) is 5.72. The lowest BCUT2D eigenvalue weighted by molar-refractivity contribution is 0.231. The minimum atomic E-state index is 0.311. The maximum Gasteiger partial charge on any atom is 0.162 e. The number of aromatic nitrogens is 1. The summed E-state index contributed by atoms with van der Waals surface area (Å²) in [6.07, 6.45) is 1.70. The van der Waals surface area contributed by atoms with Crippen molar-refractivity contribution in [1.82, 2.24) is 9.27 Å². The van der Waals surface area contributed by atoms with E-state index in [1.54, 1.807) is 6.26 Å². The first kappa shape index (κ1) is 13.4. The van der Waals surface area contributed by atoms with Crippen LogP contribution >= 0.6 is 23.1 Å². The van der Waals surface area contributed by atoms with Crippen molar-refractivity contribution >= 4 is 28.1 Å². The Morgan fingerprint density at radius 2 is 2.20 bits per heavy atom. The number of nitriles is 1. The minimum Gasteiger partial charge on any atom is -0.468 e. The van der Waals surface area contributed by atoms with Crippen molar-refractivity contribution in [3.8, 4) is 6.07 Å². The van der Waals surface area contributed by atoms with Crippen molar-refractivity contribution < 1.29 is 4.42 Å². The van der Waals surface area contributed by atoms with Gasteiger partial charge in [-0.2, -0.15) is 9.64 Å². The zero-order chi connectivity index (χ0) is 13.9. The molecule has 20 heavy (non-hydrogen) atoms. The van der Waals surface area contributed by atoms with Gasteiger partial charge in [-0.3, -0.25) is 4.90 Å². The first-order valence-corrected chi connectivity index (χ1v) is 7.48. The molecule has 3 heterocycles. The van der Waals surface area contributed by atoms with E-state index in [4.69, 9.17) is 21.3 Å². The van der Waals surface area contributed by atoms with Crippen LogP contribution in [0.15, 0.2) is 22.8 Å². The lowest BCUT2D eigenvalue weighted by atomic mass is 10.2. The number of hydrogen-bond acceptors (Lipinski definition) is 6. The molecule has 2 aromatic rings. The lowest BCUT2D eigenvalue weighted by Crippen LogP contribution is -2.45. The Hall–Kier alpha value is -1.55. The Balaban J connectivity index is 1.62. The van der Waals surface area contributed by atoms with E-state index in [1.165, 1.54) is 11.5 Å². The molecule has 5 nitrogen and oxygen atoms in total. The smallest absolute Gasteiger partial charge is 0.162 e. The second-order valence-electron chi connectivity index (χ2n) is 4.61. The van der Waals surface area contributed by atoms with Crippen LogP contribution in [0.1, 0.15) is 11.3 Å². The summed E-state index contributed by atoms with van der Waals surface area (Å²) in [4.78, 5) is 4.52. The zero-order valence-corrected chi connectivity index (χ0v) is 12.3. The van der Waals surface area contributed by atoms with Crippen molar-refractivity contribution in [3.05, 3.63) is 34.9 Å². The monoisotopic (exact) mass is 308 g/mol. The average Bonchev–Trinajstić information content (AvgIpc) is 3.09. The van der Waals surface area contributed by atoms with E-state index in [9.17, 15) is 0 Å². The Bertz CT molecular complexity index is 611. The maximum atomic E-state index is 9.12. The highest BCUT2D eigenvalue weighted by atomic mass is 35.5. The number of anilines is 1. The third-order valence-corrected chi connectivity index (χ3v) is 4.65. The molecule has 0 bridgehead atoms. The van der Waals surface area contributed by atoms with Gasteiger partial charge in [0.25, 0.3) is 0 Å². The molecule has 0 radical (unpaired) electrons. The van der Waals surface area contributed by atoms with E-state index in [0.29, 0.717) is 10.7 Å². The van der Waals surface area contributed by atoms with Gasteiger partial charge in [0.1, 0.15) is 22.4 Å². The van der Waals surface area contributed by atoms with Crippen molar-refractivity contribution in [1.29, 1.82) is 5.26 Å². The molecule has 3 rings (SSSR count). The molecular formula is C13H13ClN4OS. The summed E-state index contributed by atoms with van der Waals surface area (Å²) in [7, 11) is 0. The van der Waals surface area contributed by atoms with Gasteiger partial charge in [-0.1, -0.05) is 11.6 Å². The van der Waals surface area contributed by atoms with Crippen LogP contribution in [0.4, 0.5) is 5.00 Å². The molecule has 0 aromatic carbocycles. The molecular weight excluding hydrogens is 296 g/mol. The Kier molecular flexibility index (Phi) is 3.92. The summed E-state index contributed by atoms with van der Waals surface area (Å²) in [6.45, 7) is 4.43. The zero-order valence-electron chi connectivity index (χ0n) is 10.8. The molecule has 2 aromatic heterocycles. The Labute approximate surface area is 126 Å². The fourth-order valence-corrected chi connectivity index (χ4v) is 3.39. The van der Waals surface area contributed by atoms with Gasteiger partial charge in [0.05, 0.1) is 12.8 Å². The Morgan fingerprint density at radius 3 is 2.85 bits per heavy atom. The highest BCUT2D eigenvalue weighted by Gasteiger charge is 2.23. The molecule has 0 saturated carbocycles. The first-order chi connectivity index (χ1) is 9.78. The number of piperazine rings is 1. The lowest BCUT2D eigenvalue weighted by Gasteiger charge is -2.34. The average molecular weight is 309 g/mol. The van der Waals surface area contributed by atoms with Crippen LogP contribution in [-0.2, 0) is 6.54 Å². The molecule has 0 N–H and O–H groups in total. The largest absolute Gasteiger partial charge is 0.468 e. The SMILES string of the molecule is N#Cc1c(Cl)nsc1N1CCN(Cc2ccco2)CC1. The molecule has 104 valence electrons. The number of rotatable bonds is 3. The fraction of sp³-hybridized carbons (Fsp3) is 0.385. The molecule has 0 spiro atoms. The summed E-state index contributed by atoms with van der Waals surface area (Å²) < 4.78 is 9.42. The van der Waals surface area contributed by atoms with E-state index in [0.717, 1.165) is 43.5 Å². The number of furan rings is 1. The highest BCUT2D eigenvalue weighted by Crippen LogP contribution is 2.31. The van der Waals surface area contributed by atoms with Crippen molar-refractivity contribution in [3.63, 3.8) is 0 Å². The maximum absolute atomic E-state index is 9.12. The van der Waals surface area contributed by atoms with Crippen LogP contribution in [0.25, 0.3) is 0 Å². The third kappa shape index (κ3) is 2.66. The summed E-state index contributed by atoms with van der Waals surface area (Å²) in [6, 6.07) is 6.03. The summed E-state index contributed by atoms with van der Waals surface area (Å²) in [5.41, 5.74) is 0.496. The van der Waals surface area contributed by atoms with Crippen LogP contribution in [0.2, 0.25) is 5.15 Å². The summed E-state index contributed by atoms with van der Waals surface area (Å²) in [5.74, 6) is 0.983. The number of nitrogens with zero attached hydrogens (tertiary/aromatic N) is 4. The third-order valence-electron chi connectivity index (χ3n) is 3.36. The van der Waals surface area contributed by atoms with E-state index in [-0.39, 0.29) is 0 Å². The molecule has 0 aliphatic carbocycles. The Morgan fingerprint density at radius 1 is 1.40 bits per heavy atom. The quantitative estimate of drug-likeness (QED) is 0.872. The molecule has 7 heteroatoms. The van der Waals surface area contributed by atoms with E-state index in [2.05, 4.69) is 20.2 Å². The standard InChI is InChI=1S/C13H13ClN4OS/c14-12-11(8-15)13(20-16-12)18-5-3-17(4-6-18)9-10-2-1-7-19-10/h1-2,7H,3-6,9H2. The van der Waals surface area contributed by atoms with E-state index in [1.807, 2.05) is 12.1 Å². The molecule has 0 unspecified atom stereocenters. The van der Waals surface area contributed by atoms with E-state index >= 15 is 0 Å². The van der Waals surface area contributed by atoms with Crippen molar-refractivity contribution in [2.75, 3.05) is 31.1 Å². The second kappa shape index (κ2) is 5.83. The van der Waals surface area contributed by atoms with Gasteiger partial charge < -0.3 is 9.32 Å². The summed E-state index contributed by atoms with van der Waals surface area (Å²) >= 11 is 7.21. The first-order valence-electron chi connectivity index (χ1n) is 6.33. The van der Waals surface area contributed by atoms with Gasteiger partial charge in [-0.05, 0) is 23.7 Å². The van der Waals surface area contributed by atoms with Gasteiger partial charge in [-0.25, -0.2) is 0 Å².